The second-order valence-electron chi connectivity index (χ2n) is 5.04. The van der Waals surface area contributed by atoms with Crippen LogP contribution in [-0.4, -0.2) is 43.1 Å². The van der Waals surface area contributed by atoms with E-state index in [2.05, 4.69) is 14.7 Å². The van der Waals surface area contributed by atoms with Crippen LogP contribution in [-0.2, 0) is 9.84 Å². The summed E-state index contributed by atoms with van der Waals surface area (Å²) in [6.07, 6.45) is -1.10. The van der Waals surface area contributed by atoms with E-state index in [-0.39, 0.29) is 26.8 Å². The Labute approximate surface area is 145 Å². The van der Waals surface area contributed by atoms with Crippen LogP contribution in [0.3, 0.4) is 0 Å². The van der Waals surface area contributed by atoms with Gasteiger partial charge in [0.1, 0.15) is 4.90 Å². The van der Waals surface area contributed by atoms with Crippen LogP contribution in [0.2, 0.25) is 0 Å². The molecule has 0 bridgehead atoms. The largest absolute Gasteiger partial charge is 0.618 e. The quantitative estimate of drug-likeness (QED) is 0.403. The molecule has 0 amide bonds. The van der Waals surface area contributed by atoms with Gasteiger partial charge >= 0.3 is 12.3 Å². The first-order valence-corrected chi connectivity index (χ1v) is 8.80. The highest BCUT2D eigenvalue weighted by Crippen LogP contribution is 2.25. The third kappa shape index (κ3) is 4.18. The Morgan fingerprint density at radius 1 is 1.31 bits per heavy atom. The summed E-state index contributed by atoms with van der Waals surface area (Å²) >= 11 is 0. The van der Waals surface area contributed by atoms with Crippen LogP contribution in [0.5, 0.6) is 5.88 Å². The van der Waals surface area contributed by atoms with Crippen LogP contribution >= 0.6 is 0 Å². The lowest BCUT2D eigenvalue weighted by molar-refractivity contribution is -0.595. The van der Waals surface area contributed by atoms with Crippen LogP contribution in [0.4, 0.5) is 17.6 Å². The van der Waals surface area contributed by atoms with Crippen molar-refractivity contribution < 1.29 is 35.4 Å². The van der Waals surface area contributed by atoms with Gasteiger partial charge in [0.2, 0.25) is 5.88 Å². The molecule has 142 valence electrons. The summed E-state index contributed by atoms with van der Waals surface area (Å²) in [6.45, 7) is -0.214. The predicted molar refractivity (Wildman–Crippen MR) is 80.6 cm³/mol. The van der Waals surface area contributed by atoms with E-state index in [0.29, 0.717) is 0 Å². The maximum Gasteiger partial charge on any atom is 0.340 e. The molecule has 0 aromatic carbocycles. The third-order valence-corrected chi connectivity index (χ3v) is 5.00. The maximum absolute atomic E-state index is 12.8. The Morgan fingerprint density at radius 3 is 2.54 bits per heavy atom. The van der Waals surface area contributed by atoms with Crippen molar-refractivity contribution in [3.8, 4) is 17.3 Å². The van der Waals surface area contributed by atoms with E-state index in [9.17, 15) is 31.2 Å². The molecule has 0 saturated heterocycles. The molecule has 0 aliphatic carbocycles. The Balaban J connectivity index is 2.33. The summed E-state index contributed by atoms with van der Waals surface area (Å²) in [6, 6.07) is 2.47. The van der Waals surface area contributed by atoms with Crippen molar-refractivity contribution in [2.75, 3.05) is 12.4 Å². The summed E-state index contributed by atoms with van der Waals surface area (Å²) in [5.41, 5.74) is -0.452. The molecule has 26 heavy (non-hydrogen) atoms. The number of aromatic nitrogens is 3. The van der Waals surface area contributed by atoms with Crippen molar-refractivity contribution in [3.63, 3.8) is 0 Å². The number of sulfone groups is 1. The van der Waals surface area contributed by atoms with Gasteiger partial charge in [-0.05, 0) is 6.07 Å². The van der Waals surface area contributed by atoms with Crippen molar-refractivity contribution in [2.45, 2.75) is 24.2 Å². The molecule has 0 N–H and O–H groups in total. The van der Waals surface area contributed by atoms with E-state index in [4.69, 9.17) is 0 Å². The molecule has 0 aliphatic heterocycles. The lowest BCUT2D eigenvalue weighted by Gasteiger charge is -2.15. The molecule has 2 heterocycles. The Kier molecular flexibility index (Phi) is 5.64. The van der Waals surface area contributed by atoms with Crippen LogP contribution in [0.25, 0.3) is 11.4 Å². The maximum atomic E-state index is 12.8. The van der Waals surface area contributed by atoms with Crippen molar-refractivity contribution in [1.29, 1.82) is 0 Å². The topological polar surface area (TPSA) is 96.1 Å². The molecule has 0 radical (unpaired) electrons. The number of hydrogen-bond acceptors (Lipinski definition) is 6. The standard InChI is InChI=1S/C14H13F4N3O4S/c1-2-26(23,24)10-4-3-5-21(22)12(10)9-6-20-11(7-19-9)25-8-14(17,18)13(15)16/h3-7,13H,2,8H2,1H3. The van der Waals surface area contributed by atoms with Gasteiger partial charge in [-0.2, -0.15) is 13.5 Å². The van der Waals surface area contributed by atoms with E-state index in [1.165, 1.54) is 19.1 Å². The zero-order valence-corrected chi connectivity index (χ0v) is 14.1. The fourth-order valence-electron chi connectivity index (χ4n) is 1.86. The normalized spacial score (nSPS) is 12.4. The molecular formula is C14H13F4N3O4S. The lowest BCUT2D eigenvalue weighted by atomic mass is 10.3. The third-order valence-electron chi connectivity index (χ3n) is 3.24. The minimum atomic E-state index is -4.36. The van der Waals surface area contributed by atoms with Gasteiger partial charge in [-0.1, -0.05) is 6.92 Å². The van der Waals surface area contributed by atoms with Gasteiger partial charge in [0.25, 0.3) is 5.69 Å². The monoisotopic (exact) mass is 395 g/mol. The molecule has 7 nitrogen and oxygen atoms in total. The van der Waals surface area contributed by atoms with E-state index < -0.39 is 34.7 Å². The Bertz CT molecular complexity index is 876. The summed E-state index contributed by atoms with van der Waals surface area (Å²) < 4.78 is 78.7. The second-order valence-corrected chi connectivity index (χ2v) is 7.29. The molecule has 0 saturated carbocycles. The first-order chi connectivity index (χ1) is 12.1. The number of pyridine rings is 1. The molecule has 2 aromatic rings. The number of rotatable bonds is 7. The molecule has 0 unspecified atom stereocenters. The van der Waals surface area contributed by atoms with Gasteiger partial charge in [0, 0.05) is 6.07 Å². The van der Waals surface area contributed by atoms with Crippen molar-refractivity contribution >= 4 is 9.84 Å². The smallest absolute Gasteiger partial charge is 0.340 e. The summed E-state index contributed by atoms with van der Waals surface area (Å²) in [5.74, 6) is -5.11. The van der Waals surface area contributed by atoms with E-state index in [1.807, 2.05) is 0 Å². The highest BCUT2D eigenvalue weighted by atomic mass is 32.2. The lowest BCUT2D eigenvalue weighted by Crippen LogP contribution is -2.34. The highest BCUT2D eigenvalue weighted by molar-refractivity contribution is 7.91. The number of ether oxygens (including phenoxy) is 1. The highest BCUT2D eigenvalue weighted by Gasteiger charge is 2.41. The number of alkyl halides is 4. The fourth-order valence-corrected chi connectivity index (χ4v) is 2.95. The minimum absolute atomic E-state index is 0.152. The zero-order chi connectivity index (χ0) is 19.5. The number of halogens is 4. The first-order valence-electron chi connectivity index (χ1n) is 7.14. The summed E-state index contributed by atoms with van der Waals surface area (Å²) in [7, 11) is -3.75. The first kappa shape index (κ1) is 19.8. The van der Waals surface area contributed by atoms with Crippen LogP contribution in [0.15, 0.2) is 35.6 Å². The van der Waals surface area contributed by atoms with E-state index in [0.717, 1.165) is 18.6 Å². The van der Waals surface area contributed by atoms with Gasteiger partial charge in [-0.15, -0.1) is 0 Å². The molecular weight excluding hydrogens is 382 g/mol. The average Bonchev–Trinajstić information content (AvgIpc) is 2.60. The molecule has 2 aromatic heterocycles. The summed E-state index contributed by atoms with van der Waals surface area (Å²) in [4.78, 5) is 7.08. The van der Waals surface area contributed by atoms with E-state index >= 15 is 0 Å². The average molecular weight is 395 g/mol. The van der Waals surface area contributed by atoms with Gasteiger partial charge in [-0.3, -0.25) is 0 Å². The van der Waals surface area contributed by atoms with Crippen LogP contribution < -0.4 is 9.47 Å². The Hall–Kier alpha value is -2.50. The minimum Gasteiger partial charge on any atom is -0.618 e. The van der Waals surface area contributed by atoms with Crippen molar-refractivity contribution in [1.82, 2.24) is 9.97 Å². The molecule has 0 spiro atoms. The second kappa shape index (κ2) is 7.40. The number of hydrogen-bond donors (Lipinski definition) is 0. The van der Waals surface area contributed by atoms with Crippen molar-refractivity contribution in [2.24, 2.45) is 0 Å². The molecule has 12 heteroatoms. The van der Waals surface area contributed by atoms with Gasteiger partial charge in [0.05, 0.1) is 18.1 Å². The molecule has 0 atom stereocenters. The summed E-state index contributed by atoms with van der Waals surface area (Å²) in [5, 5.41) is 12.0. The van der Waals surface area contributed by atoms with Crippen LogP contribution in [0, 0.1) is 5.21 Å². The van der Waals surface area contributed by atoms with Gasteiger partial charge < -0.3 is 9.94 Å². The molecule has 0 fully saturated rings. The van der Waals surface area contributed by atoms with E-state index in [1.54, 1.807) is 0 Å². The Morgan fingerprint density at radius 2 is 2.00 bits per heavy atom. The molecule has 2 rings (SSSR count). The van der Waals surface area contributed by atoms with Crippen LogP contribution in [0.1, 0.15) is 6.92 Å². The van der Waals surface area contributed by atoms with Gasteiger partial charge in [0.15, 0.2) is 28.3 Å². The SMILES string of the molecule is CCS(=O)(=O)c1ccc[n+]([O-])c1-c1cnc(OCC(F)(F)C(F)F)cn1. The number of nitrogens with zero attached hydrogens (tertiary/aromatic N) is 3. The zero-order valence-electron chi connectivity index (χ0n) is 13.3. The van der Waals surface area contributed by atoms with Crippen molar-refractivity contribution in [3.05, 3.63) is 35.9 Å². The van der Waals surface area contributed by atoms with Gasteiger partial charge in [-0.25, -0.2) is 27.2 Å². The fraction of sp³-hybridized carbons (Fsp3) is 0.357. The predicted octanol–water partition coefficient (Wildman–Crippen LogP) is 1.85. The molecule has 0 aliphatic rings.